The molecule has 1 aliphatic carbocycles. The lowest BCUT2D eigenvalue weighted by molar-refractivity contribution is -0.130. The second kappa shape index (κ2) is 6.88. The zero-order chi connectivity index (χ0) is 22.0. The van der Waals surface area contributed by atoms with Gasteiger partial charge in [-0.15, -0.1) is 0 Å². The van der Waals surface area contributed by atoms with Crippen LogP contribution in [0, 0.1) is 0 Å². The fourth-order valence-corrected chi connectivity index (χ4v) is 5.17. The number of H-pyrrole nitrogens is 1. The quantitative estimate of drug-likeness (QED) is 0.462. The topological polar surface area (TPSA) is 107 Å². The molecular weight excluding hydrogens is 406 g/mol. The second-order valence-corrected chi connectivity index (χ2v) is 9.05. The molecule has 1 aromatic carbocycles. The van der Waals surface area contributed by atoms with Crippen LogP contribution in [0.4, 0.5) is 0 Å². The second-order valence-electron chi connectivity index (χ2n) is 9.05. The highest BCUT2D eigenvalue weighted by molar-refractivity contribution is 5.84. The van der Waals surface area contributed by atoms with Gasteiger partial charge in [-0.25, -0.2) is 9.97 Å². The van der Waals surface area contributed by atoms with Gasteiger partial charge in [0.05, 0.1) is 40.7 Å². The summed E-state index contributed by atoms with van der Waals surface area (Å²) in [7, 11) is 0. The third-order valence-electron chi connectivity index (χ3n) is 7.06. The normalized spacial score (nSPS) is 22.5. The van der Waals surface area contributed by atoms with Crippen LogP contribution in [0.5, 0.6) is 0 Å². The van der Waals surface area contributed by atoms with Gasteiger partial charge in [-0.05, 0) is 30.9 Å². The first-order chi connectivity index (χ1) is 15.4. The first kappa shape index (κ1) is 19.5. The molecule has 2 atom stereocenters. The molecular formula is C24H25N5O3. The van der Waals surface area contributed by atoms with Gasteiger partial charge in [-0.3, -0.25) is 9.20 Å². The van der Waals surface area contributed by atoms with Gasteiger partial charge >= 0.3 is 0 Å². The summed E-state index contributed by atoms with van der Waals surface area (Å²) < 4.78 is 2.04. The highest BCUT2D eigenvalue weighted by Crippen LogP contribution is 2.42. The van der Waals surface area contributed by atoms with Crippen LogP contribution >= 0.6 is 0 Å². The number of carbonyl (C=O) groups excluding carboxylic acids is 1. The van der Waals surface area contributed by atoms with Gasteiger partial charge in [0, 0.05) is 31.6 Å². The summed E-state index contributed by atoms with van der Waals surface area (Å²) in [5, 5.41) is 21.0. The number of β-amino-alcohol motifs (C(OH)–C–C–N with tert-alkyl or cyclic N) is 1. The molecule has 0 unspecified atom stereocenters. The van der Waals surface area contributed by atoms with E-state index in [1.807, 2.05) is 40.9 Å². The van der Waals surface area contributed by atoms with Crippen molar-refractivity contribution >= 4 is 22.6 Å². The van der Waals surface area contributed by atoms with E-state index in [1.54, 1.807) is 11.1 Å². The van der Waals surface area contributed by atoms with Crippen molar-refractivity contribution < 1.29 is 15.0 Å². The number of nitrogens with one attached hydrogen (secondary N) is 1. The van der Waals surface area contributed by atoms with E-state index in [0.29, 0.717) is 13.0 Å². The molecule has 3 aromatic heterocycles. The summed E-state index contributed by atoms with van der Waals surface area (Å²) in [4.78, 5) is 26.7. The van der Waals surface area contributed by atoms with Crippen molar-refractivity contribution in [2.45, 2.75) is 50.4 Å². The Balaban J connectivity index is 1.53. The molecule has 1 aliphatic heterocycles. The number of rotatable bonds is 3. The minimum Gasteiger partial charge on any atom is -0.391 e. The smallest absolute Gasteiger partial charge is 0.220 e. The van der Waals surface area contributed by atoms with E-state index >= 15 is 0 Å². The van der Waals surface area contributed by atoms with Crippen molar-refractivity contribution in [3.05, 3.63) is 54.1 Å². The van der Waals surface area contributed by atoms with Gasteiger partial charge in [0.1, 0.15) is 5.82 Å². The molecule has 1 amide bonds. The van der Waals surface area contributed by atoms with Gasteiger partial charge in [-0.1, -0.05) is 24.3 Å². The average molecular weight is 431 g/mol. The van der Waals surface area contributed by atoms with Crippen LogP contribution in [-0.2, 0) is 10.4 Å². The van der Waals surface area contributed by atoms with Crippen LogP contribution in [-0.4, -0.2) is 53.0 Å². The summed E-state index contributed by atoms with van der Waals surface area (Å²) in [5.41, 5.74) is 4.37. The summed E-state index contributed by atoms with van der Waals surface area (Å²) in [6.07, 6.45) is 6.13. The van der Waals surface area contributed by atoms with Crippen molar-refractivity contribution in [1.82, 2.24) is 24.3 Å². The highest BCUT2D eigenvalue weighted by Gasteiger charge is 2.38. The van der Waals surface area contributed by atoms with E-state index in [9.17, 15) is 15.0 Å². The number of aliphatic hydroxyl groups is 2. The fraction of sp³-hybridized carbons (Fsp3) is 0.375. The van der Waals surface area contributed by atoms with Crippen LogP contribution in [0.15, 0.2) is 42.7 Å². The molecule has 8 nitrogen and oxygen atoms in total. The minimum absolute atomic E-state index is 0.0812. The van der Waals surface area contributed by atoms with E-state index < -0.39 is 11.7 Å². The van der Waals surface area contributed by atoms with Crippen molar-refractivity contribution in [3.8, 4) is 11.3 Å². The number of hydrogen-bond donors (Lipinski definition) is 3. The number of aromatic nitrogens is 4. The van der Waals surface area contributed by atoms with E-state index in [2.05, 4.69) is 9.97 Å². The molecule has 2 fully saturated rings. The van der Waals surface area contributed by atoms with Crippen LogP contribution < -0.4 is 0 Å². The van der Waals surface area contributed by atoms with Gasteiger partial charge < -0.3 is 20.1 Å². The van der Waals surface area contributed by atoms with Gasteiger partial charge in [-0.2, -0.15) is 0 Å². The molecule has 0 radical (unpaired) electrons. The molecule has 8 heteroatoms. The molecule has 4 aromatic rings. The zero-order valence-corrected chi connectivity index (χ0v) is 17.8. The van der Waals surface area contributed by atoms with E-state index in [-0.39, 0.29) is 11.9 Å². The molecule has 0 bridgehead atoms. The predicted molar refractivity (Wildman–Crippen MR) is 119 cm³/mol. The first-order valence-electron chi connectivity index (χ1n) is 11.1. The zero-order valence-electron chi connectivity index (χ0n) is 17.8. The van der Waals surface area contributed by atoms with Crippen molar-refractivity contribution in [2.75, 3.05) is 6.54 Å². The average Bonchev–Trinajstić information content (AvgIpc) is 3.47. The van der Waals surface area contributed by atoms with Gasteiger partial charge in [0.2, 0.25) is 5.91 Å². The molecule has 4 heterocycles. The van der Waals surface area contributed by atoms with E-state index in [4.69, 9.17) is 4.98 Å². The monoisotopic (exact) mass is 431 g/mol. The maximum atomic E-state index is 12.3. The van der Waals surface area contributed by atoms with Gasteiger partial charge in [0.15, 0.2) is 5.65 Å². The molecule has 2 aliphatic rings. The number of hydrogen-bond acceptors (Lipinski definition) is 5. The fourth-order valence-electron chi connectivity index (χ4n) is 5.17. The summed E-state index contributed by atoms with van der Waals surface area (Å²) in [6, 6.07) is 9.56. The number of aromatic amines is 1. The third kappa shape index (κ3) is 2.79. The summed E-state index contributed by atoms with van der Waals surface area (Å²) >= 11 is 0. The number of benzene rings is 1. The van der Waals surface area contributed by atoms with Crippen LogP contribution in [0.25, 0.3) is 27.9 Å². The van der Waals surface area contributed by atoms with Crippen LogP contribution in [0.1, 0.15) is 50.0 Å². The van der Waals surface area contributed by atoms with Crippen LogP contribution in [0.3, 0.4) is 0 Å². The Morgan fingerprint density at radius 3 is 2.66 bits per heavy atom. The number of imidazole rings is 1. The molecule has 0 spiro atoms. The number of carbonyl (C=O) groups is 1. The Morgan fingerprint density at radius 1 is 1.19 bits per heavy atom. The maximum absolute atomic E-state index is 12.3. The maximum Gasteiger partial charge on any atom is 0.220 e. The Kier molecular flexibility index (Phi) is 4.18. The first-order valence-corrected chi connectivity index (χ1v) is 11.1. The lowest BCUT2D eigenvalue weighted by Crippen LogP contribution is -2.33. The Hall–Kier alpha value is -3.23. The summed E-state index contributed by atoms with van der Waals surface area (Å²) in [6.45, 7) is 1.83. The molecule has 6 rings (SSSR count). The van der Waals surface area contributed by atoms with Crippen LogP contribution in [0.2, 0.25) is 0 Å². The Bertz CT molecular complexity index is 1340. The molecule has 164 valence electrons. The van der Waals surface area contributed by atoms with Crippen molar-refractivity contribution in [2.24, 2.45) is 0 Å². The standard InChI is InChI=1S/C24H25N5O3/c1-14(30)28-13-17(31)11-19(28)23-27-21(20-12-26-22-18(29(20)23)7-10-25-22)15-3-5-16(6-4-15)24(32)8-2-9-24/h3-7,10,12,17,19,25,31-32H,2,8-9,11,13H2,1H3/t17-,19-/m1/s1. The molecule has 1 saturated heterocycles. The number of amides is 1. The number of fused-ring (bicyclic) bond motifs is 3. The molecule has 32 heavy (non-hydrogen) atoms. The third-order valence-corrected chi connectivity index (χ3v) is 7.06. The number of aliphatic hydroxyl groups excluding tert-OH is 1. The van der Waals surface area contributed by atoms with Gasteiger partial charge in [0.25, 0.3) is 0 Å². The lowest BCUT2D eigenvalue weighted by atomic mass is 9.75. The molecule has 1 saturated carbocycles. The lowest BCUT2D eigenvalue weighted by Gasteiger charge is -2.37. The summed E-state index contributed by atoms with van der Waals surface area (Å²) in [5.74, 6) is 0.637. The largest absolute Gasteiger partial charge is 0.391 e. The van der Waals surface area contributed by atoms with Crippen molar-refractivity contribution in [1.29, 1.82) is 0 Å². The van der Waals surface area contributed by atoms with E-state index in [0.717, 1.165) is 58.6 Å². The van der Waals surface area contributed by atoms with E-state index in [1.165, 1.54) is 6.92 Å². The predicted octanol–water partition coefficient (Wildman–Crippen LogP) is 2.90. The highest BCUT2D eigenvalue weighted by atomic mass is 16.3. The Morgan fingerprint density at radius 2 is 1.97 bits per heavy atom. The Labute approximate surface area is 184 Å². The van der Waals surface area contributed by atoms with Crippen molar-refractivity contribution in [3.63, 3.8) is 0 Å². The number of nitrogens with zero attached hydrogens (tertiary/aromatic N) is 4. The minimum atomic E-state index is -0.708. The molecule has 3 N–H and O–H groups in total. The number of likely N-dealkylation sites (tertiary alicyclic amines) is 1. The SMILES string of the molecule is CC(=O)N1C[C@H](O)C[C@@H]1c1nc(-c2ccc(C3(O)CCC3)cc2)c2cnc3[nH]ccc3n12.